The van der Waals surface area contributed by atoms with Gasteiger partial charge >= 0.3 is 0 Å². The van der Waals surface area contributed by atoms with Crippen molar-refractivity contribution in [2.75, 3.05) is 12.9 Å². The predicted molar refractivity (Wildman–Crippen MR) is 103 cm³/mol. The normalized spacial score (nSPS) is 10.7. The summed E-state index contributed by atoms with van der Waals surface area (Å²) in [4.78, 5) is 37.3. The van der Waals surface area contributed by atoms with Crippen molar-refractivity contribution in [1.29, 1.82) is 0 Å². The fourth-order valence-electron chi connectivity index (χ4n) is 2.40. The zero-order valence-electron chi connectivity index (χ0n) is 15.0. The van der Waals surface area contributed by atoms with E-state index in [1.807, 2.05) is 31.2 Å². The van der Waals surface area contributed by atoms with Crippen LogP contribution in [0.4, 0.5) is 0 Å². The minimum atomic E-state index is -0.340. The van der Waals surface area contributed by atoms with Crippen LogP contribution < -0.4 is 15.6 Å². The molecule has 0 atom stereocenters. The zero-order chi connectivity index (χ0) is 19.2. The van der Waals surface area contributed by atoms with Gasteiger partial charge < -0.3 is 10.1 Å². The minimum Gasteiger partial charge on any atom is -0.497 e. The number of hydrogen-bond acceptors (Lipinski definition) is 7. The van der Waals surface area contributed by atoms with Gasteiger partial charge in [0.15, 0.2) is 10.8 Å². The van der Waals surface area contributed by atoms with Gasteiger partial charge in [0.05, 0.1) is 7.11 Å². The van der Waals surface area contributed by atoms with Gasteiger partial charge in [-0.05, 0) is 23.4 Å². The van der Waals surface area contributed by atoms with E-state index < -0.39 is 0 Å². The molecule has 1 amide bonds. The minimum absolute atomic E-state index is 0.122. The fraction of sp³-hybridized carbons (Fsp3) is 0.278. The third-order valence-electron chi connectivity index (χ3n) is 3.79. The summed E-state index contributed by atoms with van der Waals surface area (Å²) in [6.45, 7) is 2.23. The molecule has 0 unspecified atom stereocenters. The lowest BCUT2D eigenvalue weighted by Gasteiger charge is -2.08. The van der Waals surface area contributed by atoms with E-state index in [0.717, 1.165) is 17.1 Å². The van der Waals surface area contributed by atoms with Crippen molar-refractivity contribution in [2.45, 2.75) is 25.2 Å². The van der Waals surface area contributed by atoms with Crippen LogP contribution in [0, 0.1) is 0 Å². The van der Waals surface area contributed by atoms with E-state index in [-0.39, 0.29) is 18.0 Å². The van der Waals surface area contributed by atoms with E-state index >= 15 is 0 Å². The number of aromatic nitrogens is 4. The van der Waals surface area contributed by atoms with E-state index in [9.17, 15) is 9.59 Å². The summed E-state index contributed by atoms with van der Waals surface area (Å²) in [5.74, 6) is 1.30. The van der Waals surface area contributed by atoms with Gasteiger partial charge in [-0.2, -0.15) is 0 Å². The van der Waals surface area contributed by atoms with E-state index in [2.05, 4.69) is 20.3 Å². The van der Waals surface area contributed by atoms with Crippen LogP contribution in [-0.4, -0.2) is 38.3 Å². The first-order valence-electron chi connectivity index (χ1n) is 8.35. The maximum atomic E-state index is 12.5. The molecule has 2 heterocycles. The molecule has 140 valence electrons. The fourth-order valence-corrected chi connectivity index (χ4v) is 2.94. The van der Waals surface area contributed by atoms with Crippen molar-refractivity contribution in [2.24, 2.45) is 0 Å². The maximum absolute atomic E-state index is 12.5. The van der Waals surface area contributed by atoms with Gasteiger partial charge in [-0.25, -0.2) is 15.0 Å². The molecule has 0 aliphatic rings. The molecule has 0 saturated carbocycles. The Balaban J connectivity index is 1.68. The number of nitrogens with zero attached hydrogens (tertiary/aromatic N) is 4. The van der Waals surface area contributed by atoms with Crippen LogP contribution in [0.5, 0.6) is 5.75 Å². The van der Waals surface area contributed by atoms with Crippen LogP contribution in [0.1, 0.15) is 12.5 Å². The molecule has 1 aromatic carbocycles. The molecule has 8 nitrogen and oxygen atoms in total. The zero-order valence-corrected chi connectivity index (χ0v) is 15.8. The summed E-state index contributed by atoms with van der Waals surface area (Å²) in [7, 11) is 1.60. The van der Waals surface area contributed by atoms with Crippen molar-refractivity contribution in [1.82, 2.24) is 24.8 Å². The van der Waals surface area contributed by atoms with Gasteiger partial charge in [0.1, 0.15) is 24.0 Å². The molecule has 0 aliphatic heterocycles. The molecule has 9 heteroatoms. The van der Waals surface area contributed by atoms with Gasteiger partial charge in [-0.1, -0.05) is 30.8 Å². The number of amides is 1. The summed E-state index contributed by atoms with van der Waals surface area (Å²) in [6.07, 6.45) is 2.80. The molecule has 2 aromatic heterocycles. The van der Waals surface area contributed by atoms with E-state index in [0.29, 0.717) is 22.7 Å². The average molecular weight is 385 g/mol. The molecule has 0 radical (unpaired) electrons. The first-order valence-corrected chi connectivity index (χ1v) is 9.34. The Bertz CT molecular complexity index is 1000. The monoisotopic (exact) mass is 385 g/mol. The van der Waals surface area contributed by atoms with Crippen LogP contribution in [0.15, 0.2) is 46.7 Å². The number of hydrogen-bond donors (Lipinski definition) is 1. The smallest absolute Gasteiger partial charge is 0.264 e. The third kappa shape index (κ3) is 4.62. The summed E-state index contributed by atoms with van der Waals surface area (Å²) in [5.41, 5.74) is 0.927. The van der Waals surface area contributed by atoms with E-state index in [4.69, 9.17) is 4.74 Å². The van der Waals surface area contributed by atoms with Crippen LogP contribution in [0.25, 0.3) is 11.0 Å². The first-order chi connectivity index (χ1) is 13.1. The summed E-state index contributed by atoms with van der Waals surface area (Å²) in [6, 6.07) is 7.38. The van der Waals surface area contributed by atoms with Crippen molar-refractivity contribution in [3.63, 3.8) is 0 Å². The molecule has 3 aromatic rings. The lowest BCUT2D eigenvalue weighted by atomic mass is 10.2. The lowest BCUT2D eigenvalue weighted by Crippen LogP contribution is -2.32. The van der Waals surface area contributed by atoms with Crippen molar-refractivity contribution in [3.05, 3.63) is 52.7 Å². The van der Waals surface area contributed by atoms with Crippen LogP contribution >= 0.6 is 11.8 Å². The van der Waals surface area contributed by atoms with Crippen LogP contribution in [0.2, 0.25) is 0 Å². The Morgan fingerprint density at radius 3 is 2.74 bits per heavy atom. The number of thioether (sulfide) groups is 1. The molecule has 0 bridgehead atoms. The largest absolute Gasteiger partial charge is 0.497 e. The molecule has 0 spiro atoms. The Hall–Kier alpha value is -2.94. The third-order valence-corrected chi connectivity index (χ3v) is 4.54. The standard InChI is InChI=1S/C18H19N5O3S/c1-3-27-18-20-9-14-16(22-18)21-11-23(17(14)25)10-15(24)19-8-12-4-6-13(26-2)7-5-12/h4-7,9,11H,3,8,10H2,1-2H3,(H,19,24). The summed E-state index contributed by atoms with van der Waals surface area (Å²) >= 11 is 1.47. The maximum Gasteiger partial charge on any atom is 0.264 e. The Kier molecular flexibility index (Phi) is 6.02. The van der Waals surface area contributed by atoms with Crippen LogP contribution in [-0.2, 0) is 17.9 Å². The van der Waals surface area contributed by atoms with Crippen LogP contribution in [0.3, 0.4) is 0 Å². The van der Waals surface area contributed by atoms with Crippen molar-refractivity contribution < 1.29 is 9.53 Å². The Morgan fingerprint density at radius 1 is 1.26 bits per heavy atom. The molecule has 0 saturated heterocycles. The molecule has 3 rings (SSSR count). The number of methoxy groups -OCH3 is 1. The second-order valence-corrected chi connectivity index (χ2v) is 6.86. The van der Waals surface area contributed by atoms with Crippen molar-refractivity contribution >= 4 is 28.7 Å². The molecular weight excluding hydrogens is 366 g/mol. The highest BCUT2D eigenvalue weighted by Crippen LogP contribution is 2.13. The summed E-state index contributed by atoms with van der Waals surface area (Å²) in [5, 5.41) is 3.65. The molecule has 0 aliphatic carbocycles. The Labute approximate surface area is 160 Å². The number of carbonyl (C=O) groups excluding carboxylic acids is 1. The van der Waals surface area contributed by atoms with Gasteiger partial charge in [0.2, 0.25) is 5.91 Å². The number of benzene rings is 1. The SMILES string of the molecule is CCSc1ncc2c(=O)n(CC(=O)NCc3ccc(OC)cc3)cnc2n1. The quantitative estimate of drug-likeness (QED) is 0.487. The molecule has 0 fully saturated rings. The number of nitrogens with one attached hydrogen (secondary N) is 1. The number of carbonyl (C=O) groups is 1. The highest BCUT2D eigenvalue weighted by atomic mass is 32.2. The van der Waals surface area contributed by atoms with Gasteiger partial charge in [-0.3, -0.25) is 14.2 Å². The lowest BCUT2D eigenvalue weighted by molar-refractivity contribution is -0.121. The number of rotatable bonds is 7. The van der Waals surface area contributed by atoms with E-state index in [1.54, 1.807) is 7.11 Å². The summed E-state index contributed by atoms with van der Waals surface area (Å²) < 4.78 is 6.35. The highest BCUT2D eigenvalue weighted by Gasteiger charge is 2.10. The topological polar surface area (TPSA) is 99.0 Å². The highest BCUT2D eigenvalue weighted by molar-refractivity contribution is 7.99. The van der Waals surface area contributed by atoms with Crippen molar-refractivity contribution in [3.8, 4) is 5.75 Å². The molecular formula is C18H19N5O3S. The second-order valence-electron chi connectivity index (χ2n) is 5.63. The molecule has 27 heavy (non-hydrogen) atoms. The van der Waals surface area contributed by atoms with Gasteiger partial charge in [0.25, 0.3) is 5.56 Å². The van der Waals surface area contributed by atoms with Gasteiger partial charge in [-0.15, -0.1) is 0 Å². The molecule has 1 N–H and O–H groups in total. The predicted octanol–water partition coefficient (Wildman–Crippen LogP) is 1.62. The second kappa shape index (κ2) is 8.63. The van der Waals surface area contributed by atoms with E-state index in [1.165, 1.54) is 28.9 Å². The first kappa shape index (κ1) is 18.8. The average Bonchev–Trinajstić information content (AvgIpc) is 2.69. The number of fused-ring (bicyclic) bond motifs is 1. The van der Waals surface area contributed by atoms with Gasteiger partial charge in [0, 0.05) is 12.7 Å². The Morgan fingerprint density at radius 2 is 2.04 bits per heavy atom. The number of ether oxygens (including phenoxy) is 1.